The van der Waals surface area contributed by atoms with Gasteiger partial charge in [-0.25, -0.2) is 10.2 Å². The SMILES string of the molecule is COc1c(I)cc(I)cc1C=NNC(=O)OC(C)(C)C. The number of methoxy groups -OCH3 is 1. The summed E-state index contributed by atoms with van der Waals surface area (Å²) in [6.45, 7) is 5.38. The number of benzene rings is 1. The second-order valence-corrected chi connectivity index (χ2v) is 7.29. The molecule has 7 heteroatoms. The first-order valence-corrected chi connectivity index (χ1v) is 7.94. The average molecular weight is 502 g/mol. The number of nitrogens with zero attached hydrogens (tertiary/aromatic N) is 1. The molecule has 1 N–H and O–H groups in total. The van der Waals surface area contributed by atoms with Crippen molar-refractivity contribution in [3.63, 3.8) is 0 Å². The summed E-state index contributed by atoms with van der Waals surface area (Å²) in [5.41, 5.74) is 2.57. The van der Waals surface area contributed by atoms with E-state index >= 15 is 0 Å². The van der Waals surface area contributed by atoms with Crippen molar-refractivity contribution in [1.29, 1.82) is 0 Å². The standard InChI is InChI=1S/C13H16I2N2O3/c1-13(2,3)20-12(18)17-16-7-8-5-9(14)6-10(15)11(8)19-4/h5-7H,1-4H3,(H,17,18). The maximum atomic E-state index is 11.5. The fourth-order valence-electron chi connectivity index (χ4n) is 1.35. The summed E-state index contributed by atoms with van der Waals surface area (Å²) in [6.07, 6.45) is 0.945. The number of rotatable bonds is 3. The van der Waals surface area contributed by atoms with Gasteiger partial charge in [0, 0.05) is 9.13 Å². The molecule has 1 amide bonds. The number of ether oxygens (including phenoxy) is 2. The molecule has 0 fully saturated rings. The first-order chi connectivity index (χ1) is 9.23. The van der Waals surface area contributed by atoms with Gasteiger partial charge in [0.25, 0.3) is 0 Å². The Morgan fingerprint density at radius 3 is 2.55 bits per heavy atom. The summed E-state index contributed by atoms with van der Waals surface area (Å²) in [5.74, 6) is 0.723. The van der Waals surface area contributed by atoms with Crippen LogP contribution in [0.25, 0.3) is 0 Å². The van der Waals surface area contributed by atoms with E-state index in [-0.39, 0.29) is 0 Å². The molecule has 0 bridgehead atoms. The quantitative estimate of drug-likeness (QED) is 0.390. The molecule has 0 spiro atoms. The van der Waals surface area contributed by atoms with E-state index in [9.17, 15) is 4.79 Å². The predicted molar refractivity (Wildman–Crippen MR) is 95.4 cm³/mol. The van der Waals surface area contributed by atoms with Gasteiger partial charge in [0.15, 0.2) is 0 Å². The van der Waals surface area contributed by atoms with Crippen LogP contribution < -0.4 is 10.2 Å². The maximum Gasteiger partial charge on any atom is 0.428 e. The summed E-state index contributed by atoms with van der Waals surface area (Å²) in [5, 5.41) is 3.88. The molecule has 1 aromatic rings. The van der Waals surface area contributed by atoms with Crippen molar-refractivity contribution in [3.05, 3.63) is 24.8 Å². The molecule has 0 unspecified atom stereocenters. The Bertz CT molecular complexity index is 525. The van der Waals surface area contributed by atoms with Gasteiger partial charge in [-0.3, -0.25) is 0 Å². The van der Waals surface area contributed by atoms with Gasteiger partial charge in [0.05, 0.1) is 16.9 Å². The number of nitrogens with one attached hydrogen (secondary N) is 1. The third-order valence-corrected chi connectivity index (χ3v) is 3.42. The van der Waals surface area contributed by atoms with Crippen LogP contribution >= 0.6 is 45.2 Å². The van der Waals surface area contributed by atoms with Crippen molar-refractivity contribution in [2.45, 2.75) is 26.4 Å². The number of halogens is 2. The predicted octanol–water partition coefficient (Wildman–Crippen LogP) is 3.76. The van der Waals surface area contributed by atoms with Crippen LogP contribution in [0.15, 0.2) is 17.2 Å². The molecule has 0 aliphatic heterocycles. The molecule has 0 saturated heterocycles. The molecule has 5 nitrogen and oxygen atoms in total. The van der Waals surface area contributed by atoms with Crippen LogP contribution in [0.4, 0.5) is 4.79 Å². The van der Waals surface area contributed by atoms with Gasteiger partial charge >= 0.3 is 6.09 Å². The molecule has 1 aromatic carbocycles. The molecule has 110 valence electrons. The average Bonchev–Trinajstić information content (AvgIpc) is 2.25. The maximum absolute atomic E-state index is 11.5. The van der Waals surface area contributed by atoms with Gasteiger partial charge in [-0.05, 0) is 78.1 Å². The number of hydrogen-bond acceptors (Lipinski definition) is 4. The topological polar surface area (TPSA) is 59.9 Å². The first kappa shape index (κ1) is 17.5. The minimum absolute atomic E-state index is 0.547. The van der Waals surface area contributed by atoms with E-state index in [2.05, 4.69) is 55.7 Å². The Balaban J connectivity index is 2.78. The molecular weight excluding hydrogens is 486 g/mol. The Kier molecular flexibility index (Phi) is 6.49. The molecule has 0 heterocycles. The fourth-order valence-corrected chi connectivity index (χ4v) is 3.46. The smallest absolute Gasteiger partial charge is 0.428 e. The van der Waals surface area contributed by atoms with Crippen LogP contribution in [0, 0.1) is 7.14 Å². The Hall–Kier alpha value is -0.580. The summed E-state index contributed by atoms with van der Waals surface area (Å²) >= 11 is 4.40. The molecule has 0 aliphatic rings. The lowest BCUT2D eigenvalue weighted by molar-refractivity contribution is 0.0529. The van der Waals surface area contributed by atoms with Crippen molar-refractivity contribution in [3.8, 4) is 5.75 Å². The Morgan fingerprint density at radius 2 is 2.00 bits per heavy atom. The summed E-state index contributed by atoms with van der Waals surface area (Å²) in [6, 6.07) is 3.92. The second-order valence-electron chi connectivity index (χ2n) is 4.88. The number of carbonyl (C=O) groups excluding carboxylic acids is 1. The van der Waals surface area contributed by atoms with E-state index in [4.69, 9.17) is 9.47 Å². The minimum atomic E-state index is -0.590. The lowest BCUT2D eigenvalue weighted by Crippen LogP contribution is -2.29. The molecule has 0 aliphatic carbocycles. The van der Waals surface area contributed by atoms with Gasteiger partial charge < -0.3 is 9.47 Å². The van der Waals surface area contributed by atoms with Crippen molar-refractivity contribution in [2.24, 2.45) is 5.10 Å². The fraction of sp³-hybridized carbons (Fsp3) is 0.385. The van der Waals surface area contributed by atoms with E-state index in [1.165, 1.54) is 6.21 Å². The lowest BCUT2D eigenvalue weighted by Gasteiger charge is -2.18. The molecule has 0 aromatic heterocycles. The summed E-state index contributed by atoms with van der Waals surface area (Å²) in [7, 11) is 1.60. The molecule has 0 radical (unpaired) electrons. The highest BCUT2D eigenvalue weighted by molar-refractivity contribution is 14.1. The molecule has 0 saturated carbocycles. The van der Waals surface area contributed by atoms with Crippen molar-refractivity contribution >= 4 is 57.5 Å². The number of carbonyl (C=O) groups is 1. The monoisotopic (exact) mass is 502 g/mol. The Morgan fingerprint density at radius 1 is 1.35 bits per heavy atom. The molecule has 0 atom stereocenters. The van der Waals surface area contributed by atoms with Crippen LogP contribution in [-0.2, 0) is 4.74 Å². The van der Waals surface area contributed by atoms with Gasteiger partial charge in [-0.1, -0.05) is 0 Å². The van der Waals surface area contributed by atoms with Gasteiger partial charge in [0.2, 0.25) is 0 Å². The number of hydrogen-bond donors (Lipinski definition) is 1. The number of amides is 1. The minimum Gasteiger partial charge on any atom is -0.495 e. The van der Waals surface area contributed by atoms with Crippen LogP contribution in [-0.4, -0.2) is 25.0 Å². The van der Waals surface area contributed by atoms with Gasteiger partial charge in [0.1, 0.15) is 11.4 Å². The summed E-state index contributed by atoms with van der Waals surface area (Å²) in [4.78, 5) is 11.5. The normalized spacial score (nSPS) is 11.5. The highest BCUT2D eigenvalue weighted by Gasteiger charge is 2.15. The lowest BCUT2D eigenvalue weighted by atomic mass is 10.2. The molecule has 1 rings (SSSR count). The van der Waals surface area contributed by atoms with Crippen LogP contribution in [0.1, 0.15) is 26.3 Å². The van der Waals surface area contributed by atoms with Crippen LogP contribution in [0.2, 0.25) is 0 Å². The highest BCUT2D eigenvalue weighted by Crippen LogP contribution is 2.26. The largest absolute Gasteiger partial charge is 0.495 e. The summed E-state index contributed by atoms with van der Waals surface area (Å²) < 4.78 is 12.4. The highest BCUT2D eigenvalue weighted by atomic mass is 127. The molecular formula is C13H16I2N2O3. The van der Waals surface area contributed by atoms with Gasteiger partial charge in [-0.15, -0.1) is 0 Å². The van der Waals surface area contributed by atoms with Crippen LogP contribution in [0.5, 0.6) is 5.75 Å². The third-order valence-electron chi connectivity index (χ3n) is 2.00. The van der Waals surface area contributed by atoms with E-state index in [0.29, 0.717) is 0 Å². The number of hydrazone groups is 1. The molecule has 20 heavy (non-hydrogen) atoms. The van der Waals surface area contributed by atoms with Gasteiger partial charge in [-0.2, -0.15) is 5.10 Å². The van der Waals surface area contributed by atoms with Crippen molar-refractivity contribution in [1.82, 2.24) is 5.43 Å². The second kappa shape index (κ2) is 7.43. The zero-order valence-corrected chi connectivity index (χ0v) is 16.0. The van der Waals surface area contributed by atoms with E-state index in [1.54, 1.807) is 27.9 Å². The van der Waals surface area contributed by atoms with E-state index in [1.807, 2.05) is 12.1 Å². The van der Waals surface area contributed by atoms with Crippen molar-refractivity contribution in [2.75, 3.05) is 7.11 Å². The zero-order valence-electron chi connectivity index (χ0n) is 11.7. The van der Waals surface area contributed by atoms with Crippen molar-refractivity contribution < 1.29 is 14.3 Å². The van der Waals surface area contributed by atoms with Crippen LogP contribution in [0.3, 0.4) is 0 Å². The van der Waals surface area contributed by atoms with E-state index in [0.717, 1.165) is 18.5 Å². The zero-order chi connectivity index (χ0) is 15.3. The van der Waals surface area contributed by atoms with E-state index < -0.39 is 11.7 Å². The third kappa shape index (κ3) is 5.81. The first-order valence-electron chi connectivity index (χ1n) is 5.78. The Labute approximate surface area is 145 Å².